The van der Waals surface area contributed by atoms with Gasteiger partial charge in [0.1, 0.15) is 11.7 Å². The van der Waals surface area contributed by atoms with Gasteiger partial charge in [-0.05, 0) is 18.2 Å². The number of anilines is 1. The highest BCUT2D eigenvalue weighted by Gasteiger charge is 2.35. The number of H-pyrrole nitrogens is 1. The average Bonchev–Trinajstić information content (AvgIpc) is 2.86. The van der Waals surface area contributed by atoms with Gasteiger partial charge in [-0.3, -0.25) is 5.73 Å². The van der Waals surface area contributed by atoms with E-state index in [-0.39, 0.29) is 5.84 Å². The maximum atomic E-state index is 12.6. The maximum absolute atomic E-state index is 12.6. The van der Waals surface area contributed by atoms with Crippen LogP contribution in [0, 0.1) is 0 Å². The molecular formula is C13H12F3N5. The van der Waals surface area contributed by atoms with Crippen molar-refractivity contribution in [1.82, 2.24) is 4.98 Å². The highest BCUT2D eigenvalue weighted by Crippen LogP contribution is 2.33. The Hall–Kier alpha value is -2.48. The van der Waals surface area contributed by atoms with Crippen LogP contribution < -0.4 is 16.8 Å². The molecule has 1 aromatic carbocycles. The molecule has 2 aromatic rings. The summed E-state index contributed by atoms with van der Waals surface area (Å²) in [6.45, 7) is 0. The van der Waals surface area contributed by atoms with E-state index < -0.39 is 17.5 Å². The van der Waals surface area contributed by atoms with E-state index >= 15 is 0 Å². The molecule has 0 amide bonds. The third kappa shape index (κ3) is 2.23. The summed E-state index contributed by atoms with van der Waals surface area (Å²) in [6.07, 6.45) is -2.73. The average molecular weight is 295 g/mol. The second-order valence-electron chi connectivity index (χ2n) is 4.73. The van der Waals surface area contributed by atoms with Crippen LogP contribution in [-0.2, 0) is 12.0 Å². The predicted octanol–water partition coefficient (Wildman–Crippen LogP) is 1.93. The van der Waals surface area contributed by atoms with Crippen molar-refractivity contribution in [1.29, 1.82) is 0 Å². The van der Waals surface area contributed by atoms with Gasteiger partial charge < -0.3 is 16.0 Å². The molecule has 1 atom stereocenters. The monoisotopic (exact) mass is 295 g/mol. The van der Waals surface area contributed by atoms with Gasteiger partial charge in [0.2, 0.25) is 5.79 Å². The molecule has 0 radical (unpaired) electrons. The van der Waals surface area contributed by atoms with E-state index in [1.54, 1.807) is 12.3 Å². The highest BCUT2D eigenvalue weighted by molar-refractivity contribution is 6.03. The zero-order chi connectivity index (χ0) is 15.3. The van der Waals surface area contributed by atoms with Crippen LogP contribution in [0.2, 0.25) is 0 Å². The molecule has 0 bridgehead atoms. The van der Waals surface area contributed by atoms with Crippen LogP contribution in [0.4, 0.5) is 19.0 Å². The quantitative estimate of drug-likeness (QED) is 0.648. The molecular weight excluding hydrogens is 283 g/mol. The minimum absolute atomic E-state index is 0.215. The summed E-state index contributed by atoms with van der Waals surface area (Å²) < 4.78 is 37.7. The largest absolute Gasteiger partial charge is 0.416 e. The van der Waals surface area contributed by atoms with Gasteiger partial charge >= 0.3 is 6.18 Å². The number of hydrogen-bond acceptors (Lipinski definition) is 4. The number of aromatic amines is 1. The summed E-state index contributed by atoms with van der Waals surface area (Å²) in [4.78, 5) is 7.07. The molecule has 6 N–H and O–H groups in total. The molecule has 0 saturated heterocycles. The Bertz CT molecular complexity index is 701. The molecule has 1 aliphatic rings. The van der Waals surface area contributed by atoms with Crippen LogP contribution in [0.5, 0.6) is 0 Å². The van der Waals surface area contributed by atoms with Crippen LogP contribution in [-0.4, -0.2) is 10.8 Å². The maximum Gasteiger partial charge on any atom is 0.416 e. The predicted molar refractivity (Wildman–Crippen MR) is 72.4 cm³/mol. The molecule has 0 saturated carbocycles. The minimum Gasteiger partial charge on any atom is -0.383 e. The number of hydrogen-bond donors (Lipinski definition) is 4. The standard InChI is InChI=1S/C13H12F3N5/c14-12(15,16)7-1-3-8(4-2-7)13(18)20-10(17)9-5-6-19-11(9)21-13/h1-6,19,21H,18H2,(H2,17,20). The van der Waals surface area contributed by atoms with Crippen LogP contribution >= 0.6 is 0 Å². The van der Waals surface area contributed by atoms with Crippen LogP contribution in [0.25, 0.3) is 0 Å². The Morgan fingerprint density at radius 2 is 1.76 bits per heavy atom. The molecule has 110 valence electrons. The SMILES string of the molecule is NC1=NC(N)(c2ccc(C(F)(F)F)cc2)Nc2[nH]ccc21. The number of alkyl halides is 3. The zero-order valence-electron chi connectivity index (χ0n) is 10.7. The lowest BCUT2D eigenvalue weighted by Gasteiger charge is -2.31. The number of halogens is 3. The summed E-state index contributed by atoms with van der Waals surface area (Å²) in [7, 11) is 0. The fourth-order valence-electron chi connectivity index (χ4n) is 2.21. The van der Waals surface area contributed by atoms with E-state index in [9.17, 15) is 13.2 Å². The van der Waals surface area contributed by atoms with Crippen molar-refractivity contribution in [2.75, 3.05) is 5.32 Å². The Morgan fingerprint density at radius 3 is 2.38 bits per heavy atom. The Balaban J connectivity index is 1.99. The molecule has 0 spiro atoms. The molecule has 1 unspecified atom stereocenters. The van der Waals surface area contributed by atoms with Gasteiger partial charge in [-0.1, -0.05) is 12.1 Å². The molecule has 0 aliphatic carbocycles. The van der Waals surface area contributed by atoms with E-state index in [0.717, 1.165) is 12.1 Å². The number of aliphatic imine (C=N–C) groups is 1. The normalized spacial score (nSPS) is 21.4. The van der Waals surface area contributed by atoms with Gasteiger partial charge in [-0.15, -0.1) is 0 Å². The summed E-state index contributed by atoms with van der Waals surface area (Å²) in [6, 6.07) is 6.21. The van der Waals surface area contributed by atoms with Crippen molar-refractivity contribution in [2.24, 2.45) is 16.5 Å². The zero-order valence-corrected chi connectivity index (χ0v) is 10.7. The molecule has 1 aromatic heterocycles. The molecule has 3 rings (SSSR count). The van der Waals surface area contributed by atoms with Crippen LogP contribution in [0.1, 0.15) is 16.7 Å². The fourth-order valence-corrected chi connectivity index (χ4v) is 2.21. The molecule has 5 nitrogen and oxygen atoms in total. The van der Waals surface area contributed by atoms with E-state index in [0.29, 0.717) is 16.9 Å². The van der Waals surface area contributed by atoms with Gasteiger partial charge in [-0.2, -0.15) is 13.2 Å². The molecule has 1 aliphatic heterocycles. The molecule has 8 heteroatoms. The lowest BCUT2D eigenvalue weighted by molar-refractivity contribution is -0.137. The fraction of sp³-hybridized carbons (Fsp3) is 0.154. The smallest absolute Gasteiger partial charge is 0.383 e. The number of nitrogens with zero attached hydrogens (tertiary/aromatic N) is 1. The van der Waals surface area contributed by atoms with Crippen LogP contribution in [0.15, 0.2) is 41.5 Å². The van der Waals surface area contributed by atoms with Gasteiger partial charge in [0.05, 0.1) is 11.1 Å². The Kier molecular flexibility index (Phi) is 2.74. The van der Waals surface area contributed by atoms with E-state index in [1.807, 2.05) is 0 Å². The molecule has 2 heterocycles. The van der Waals surface area contributed by atoms with Gasteiger partial charge in [-0.25, -0.2) is 4.99 Å². The van der Waals surface area contributed by atoms with Crippen molar-refractivity contribution < 1.29 is 13.2 Å². The van der Waals surface area contributed by atoms with Crippen molar-refractivity contribution >= 4 is 11.7 Å². The van der Waals surface area contributed by atoms with Gasteiger partial charge in [0.15, 0.2) is 0 Å². The van der Waals surface area contributed by atoms with Crippen molar-refractivity contribution in [2.45, 2.75) is 12.0 Å². The first-order valence-corrected chi connectivity index (χ1v) is 6.07. The number of nitrogens with one attached hydrogen (secondary N) is 2. The van der Waals surface area contributed by atoms with E-state index in [2.05, 4.69) is 15.3 Å². The van der Waals surface area contributed by atoms with Gasteiger partial charge in [0, 0.05) is 11.8 Å². The second kappa shape index (κ2) is 4.26. The number of amidine groups is 1. The number of aromatic nitrogens is 1. The van der Waals surface area contributed by atoms with Crippen molar-refractivity contribution in [3.8, 4) is 0 Å². The lowest BCUT2D eigenvalue weighted by atomic mass is 10.0. The first-order valence-electron chi connectivity index (χ1n) is 6.07. The summed E-state index contributed by atoms with van der Waals surface area (Å²) in [5.41, 5.74) is 12.3. The number of benzene rings is 1. The topological polar surface area (TPSA) is 92.2 Å². The highest BCUT2D eigenvalue weighted by atomic mass is 19.4. The second-order valence-corrected chi connectivity index (χ2v) is 4.73. The molecule has 21 heavy (non-hydrogen) atoms. The Morgan fingerprint density at radius 1 is 1.10 bits per heavy atom. The number of nitrogens with two attached hydrogens (primary N) is 2. The third-order valence-corrected chi connectivity index (χ3v) is 3.29. The van der Waals surface area contributed by atoms with Crippen molar-refractivity contribution in [3.63, 3.8) is 0 Å². The first-order chi connectivity index (χ1) is 9.79. The third-order valence-electron chi connectivity index (χ3n) is 3.29. The first kappa shape index (κ1) is 13.5. The number of rotatable bonds is 1. The molecule has 0 fully saturated rings. The lowest BCUT2D eigenvalue weighted by Crippen LogP contribution is -2.47. The number of fused-ring (bicyclic) bond motifs is 1. The Labute approximate surface area is 117 Å². The summed E-state index contributed by atoms with van der Waals surface area (Å²) in [5, 5.41) is 2.93. The minimum atomic E-state index is -4.39. The van der Waals surface area contributed by atoms with E-state index in [4.69, 9.17) is 11.5 Å². The summed E-state index contributed by atoms with van der Waals surface area (Å²) in [5.74, 6) is -0.621. The summed E-state index contributed by atoms with van der Waals surface area (Å²) >= 11 is 0. The van der Waals surface area contributed by atoms with E-state index in [1.165, 1.54) is 12.1 Å². The van der Waals surface area contributed by atoms with Crippen LogP contribution in [0.3, 0.4) is 0 Å². The van der Waals surface area contributed by atoms with Gasteiger partial charge in [0.25, 0.3) is 0 Å². The van der Waals surface area contributed by atoms with Crippen molar-refractivity contribution in [3.05, 3.63) is 53.2 Å².